The largest absolute Gasteiger partial charge is 0.334 e. The van der Waals surface area contributed by atoms with Gasteiger partial charge in [-0.3, -0.25) is 14.5 Å². The maximum atomic E-state index is 12.8. The first kappa shape index (κ1) is 15.3. The van der Waals surface area contributed by atoms with Crippen LogP contribution in [0.3, 0.4) is 0 Å². The van der Waals surface area contributed by atoms with Crippen LogP contribution in [0.1, 0.15) is 43.0 Å². The summed E-state index contributed by atoms with van der Waals surface area (Å²) in [6.45, 7) is 5.20. The monoisotopic (exact) mass is 303 g/mol. The van der Waals surface area contributed by atoms with Gasteiger partial charge in [0.1, 0.15) is 0 Å². The molecule has 3 heterocycles. The Labute approximate surface area is 131 Å². The lowest BCUT2D eigenvalue weighted by Crippen LogP contribution is -2.48. The van der Waals surface area contributed by atoms with Gasteiger partial charge >= 0.3 is 0 Å². The molecule has 0 unspecified atom stereocenters. The van der Waals surface area contributed by atoms with E-state index in [1.165, 1.54) is 23.5 Å². The van der Waals surface area contributed by atoms with Crippen molar-refractivity contribution in [3.8, 4) is 0 Å². The van der Waals surface area contributed by atoms with Crippen LogP contribution < -0.4 is 5.56 Å². The number of hydrogen-bond donors (Lipinski definition) is 0. The molecule has 2 saturated heterocycles. The van der Waals surface area contributed by atoms with Crippen LogP contribution in [-0.4, -0.2) is 52.0 Å². The average Bonchev–Trinajstić information content (AvgIpc) is 3.16. The molecule has 3 rings (SSSR count). The smallest absolute Gasteiger partial charge is 0.254 e. The van der Waals surface area contributed by atoms with E-state index in [4.69, 9.17) is 0 Å². The number of rotatable bonds is 3. The van der Waals surface area contributed by atoms with Crippen molar-refractivity contribution in [2.45, 2.75) is 44.7 Å². The first-order chi connectivity index (χ1) is 10.6. The number of nitrogens with zero attached hydrogens (tertiary/aromatic N) is 3. The Balaban J connectivity index is 1.81. The van der Waals surface area contributed by atoms with E-state index < -0.39 is 0 Å². The third-order valence-electron chi connectivity index (χ3n) is 5.18. The van der Waals surface area contributed by atoms with Crippen molar-refractivity contribution >= 4 is 5.91 Å². The lowest BCUT2D eigenvalue weighted by atomic mass is 10.0. The van der Waals surface area contributed by atoms with Gasteiger partial charge in [-0.1, -0.05) is 6.92 Å². The molecule has 5 nitrogen and oxygen atoms in total. The van der Waals surface area contributed by atoms with E-state index in [0.29, 0.717) is 17.6 Å². The minimum absolute atomic E-state index is 0.0168. The molecule has 2 atom stereocenters. The maximum absolute atomic E-state index is 12.8. The Kier molecular flexibility index (Phi) is 4.34. The summed E-state index contributed by atoms with van der Waals surface area (Å²) in [7, 11) is 1.70. The van der Waals surface area contributed by atoms with Gasteiger partial charge in [0.15, 0.2) is 0 Å². The van der Waals surface area contributed by atoms with Crippen molar-refractivity contribution in [3.05, 3.63) is 34.2 Å². The summed E-state index contributed by atoms with van der Waals surface area (Å²) in [4.78, 5) is 29.1. The van der Waals surface area contributed by atoms with Gasteiger partial charge in [0, 0.05) is 43.5 Å². The third-order valence-corrected chi connectivity index (χ3v) is 5.18. The van der Waals surface area contributed by atoms with E-state index in [9.17, 15) is 9.59 Å². The summed E-state index contributed by atoms with van der Waals surface area (Å²) in [5.41, 5.74) is 0.397. The fourth-order valence-corrected chi connectivity index (χ4v) is 3.97. The van der Waals surface area contributed by atoms with E-state index >= 15 is 0 Å². The summed E-state index contributed by atoms with van der Waals surface area (Å²) in [6.07, 6.45) is 6.23. The van der Waals surface area contributed by atoms with Crippen molar-refractivity contribution < 1.29 is 4.79 Å². The number of aryl methyl sites for hydroxylation is 1. The Morgan fingerprint density at radius 1 is 1.23 bits per heavy atom. The molecular formula is C17H25N3O2. The second-order valence-corrected chi connectivity index (χ2v) is 6.41. The molecule has 0 bridgehead atoms. The lowest BCUT2D eigenvalue weighted by molar-refractivity contribution is 0.0649. The standard InChI is InChI=1S/C17H25N3O2/c1-3-19-9-4-6-14(19)15-7-5-10-20(15)17(22)13-8-11-18(2)16(21)12-13/h8,11-12,14-15H,3-7,9-10H2,1-2H3/t14-,15-/m0/s1. The highest BCUT2D eigenvalue weighted by Gasteiger charge is 2.39. The molecule has 0 aliphatic carbocycles. The second kappa shape index (κ2) is 6.24. The number of likely N-dealkylation sites (N-methyl/N-ethyl adjacent to an activating group) is 1. The zero-order valence-electron chi connectivity index (χ0n) is 13.5. The third kappa shape index (κ3) is 2.70. The van der Waals surface area contributed by atoms with Crippen molar-refractivity contribution in [3.63, 3.8) is 0 Å². The molecule has 0 radical (unpaired) electrons. The van der Waals surface area contributed by atoms with Gasteiger partial charge in [-0.05, 0) is 44.8 Å². The fraction of sp³-hybridized carbons (Fsp3) is 0.647. The van der Waals surface area contributed by atoms with Crippen LogP contribution in [0.5, 0.6) is 0 Å². The van der Waals surface area contributed by atoms with E-state index in [1.807, 2.05) is 4.90 Å². The van der Waals surface area contributed by atoms with Gasteiger partial charge in [-0.25, -0.2) is 0 Å². The minimum atomic E-state index is -0.127. The lowest BCUT2D eigenvalue weighted by Gasteiger charge is -2.34. The Bertz CT molecular complexity index is 610. The van der Waals surface area contributed by atoms with Gasteiger partial charge in [-0.2, -0.15) is 0 Å². The summed E-state index contributed by atoms with van der Waals surface area (Å²) >= 11 is 0. The minimum Gasteiger partial charge on any atom is -0.334 e. The average molecular weight is 303 g/mol. The topological polar surface area (TPSA) is 45.5 Å². The Morgan fingerprint density at radius 3 is 2.68 bits per heavy atom. The highest BCUT2D eigenvalue weighted by Crippen LogP contribution is 2.30. The Morgan fingerprint density at radius 2 is 1.95 bits per heavy atom. The zero-order valence-corrected chi connectivity index (χ0v) is 13.5. The highest BCUT2D eigenvalue weighted by molar-refractivity contribution is 5.94. The molecule has 22 heavy (non-hydrogen) atoms. The zero-order chi connectivity index (χ0) is 15.7. The fourth-order valence-electron chi connectivity index (χ4n) is 3.97. The van der Waals surface area contributed by atoms with Crippen molar-refractivity contribution in [2.75, 3.05) is 19.6 Å². The van der Waals surface area contributed by atoms with E-state index in [2.05, 4.69) is 11.8 Å². The summed E-state index contributed by atoms with van der Waals surface area (Å²) < 4.78 is 1.49. The van der Waals surface area contributed by atoms with Gasteiger partial charge in [0.05, 0.1) is 0 Å². The molecule has 120 valence electrons. The van der Waals surface area contributed by atoms with Gasteiger partial charge in [0.2, 0.25) is 0 Å². The van der Waals surface area contributed by atoms with E-state index in [0.717, 1.165) is 32.5 Å². The number of amides is 1. The summed E-state index contributed by atoms with van der Waals surface area (Å²) in [6, 6.07) is 4.01. The van der Waals surface area contributed by atoms with Crippen LogP contribution in [0.15, 0.2) is 23.1 Å². The number of likely N-dealkylation sites (tertiary alicyclic amines) is 2. The van der Waals surface area contributed by atoms with E-state index in [1.54, 1.807) is 19.3 Å². The molecule has 0 saturated carbocycles. The molecule has 0 spiro atoms. The number of carbonyl (C=O) groups excluding carboxylic acids is 1. The van der Waals surface area contributed by atoms with E-state index in [-0.39, 0.29) is 11.5 Å². The molecule has 0 aromatic carbocycles. The first-order valence-corrected chi connectivity index (χ1v) is 8.33. The normalized spacial score (nSPS) is 25.8. The predicted molar refractivity (Wildman–Crippen MR) is 86.0 cm³/mol. The molecule has 2 aliphatic rings. The predicted octanol–water partition coefficient (Wildman–Crippen LogP) is 1.47. The first-order valence-electron chi connectivity index (χ1n) is 8.33. The number of carbonyl (C=O) groups is 1. The molecule has 0 N–H and O–H groups in total. The van der Waals surface area contributed by atoms with Crippen LogP contribution in [0.4, 0.5) is 0 Å². The molecule has 5 heteroatoms. The second-order valence-electron chi connectivity index (χ2n) is 6.41. The van der Waals surface area contributed by atoms with Gasteiger partial charge in [0.25, 0.3) is 11.5 Å². The van der Waals surface area contributed by atoms with Crippen LogP contribution >= 0.6 is 0 Å². The molecular weight excluding hydrogens is 278 g/mol. The van der Waals surface area contributed by atoms with Crippen LogP contribution in [0, 0.1) is 0 Å². The quantitative estimate of drug-likeness (QED) is 0.849. The van der Waals surface area contributed by atoms with Gasteiger partial charge < -0.3 is 9.47 Å². The SMILES string of the molecule is CCN1CCC[C@H]1[C@@H]1CCCN1C(=O)c1ccn(C)c(=O)c1. The number of aromatic nitrogens is 1. The molecule has 2 fully saturated rings. The Hall–Kier alpha value is -1.62. The number of pyridine rings is 1. The van der Waals surface area contributed by atoms with Crippen molar-refractivity contribution in [1.29, 1.82) is 0 Å². The van der Waals surface area contributed by atoms with Gasteiger partial charge in [-0.15, -0.1) is 0 Å². The highest BCUT2D eigenvalue weighted by atomic mass is 16.2. The molecule has 1 amide bonds. The van der Waals surface area contributed by atoms with Crippen LogP contribution in [0.2, 0.25) is 0 Å². The summed E-state index contributed by atoms with van der Waals surface area (Å²) in [5.74, 6) is 0.0168. The summed E-state index contributed by atoms with van der Waals surface area (Å²) in [5, 5.41) is 0. The van der Waals surface area contributed by atoms with Crippen molar-refractivity contribution in [1.82, 2.24) is 14.4 Å². The molecule has 2 aliphatic heterocycles. The van der Waals surface area contributed by atoms with Crippen molar-refractivity contribution in [2.24, 2.45) is 7.05 Å². The molecule has 1 aromatic rings. The number of hydrogen-bond acceptors (Lipinski definition) is 3. The molecule has 1 aromatic heterocycles. The van der Waals surface area contributed by atoms with Crippen LogP contribution in [-0.2, 0) is 7.05 Å². The maximum Gasteiger partial charge on any atom is 0.254 e. The van der Waals surface area contributed by atoms with Crippen LogP contribution in [0.25, 0.3) is 0 Å².